The summed E-state index contributed by atoms with van der Waals surface area (Å²) in [5.74, 6) is 2.01. The van der Waals surface area contributed by atoms with E-state index in [0.717, 1.165) is 57.5 Å². The summed E-state index contributed by atoms with van der Waals surface area (Å²) in [6.45, 7) is 13.6. The van der Waals surface area contributed by atoms with Crippen LogP contribution in [0.5, 0.6) is 0 Å². The average Bonchev–Trinajstić information content (AvgIpc) is 3.08. The average molecular weight is 697 g/mol. The molecule has 0 aromatic rings. The van der Waals surface area contributed by atoms with Gasteiger partial charge in [0.2, 0.25) is 5.91 Å². The van der Waals surface area contributed by atoms with Gasteiger partial charge in [0.05, 0.1) is 6.42 Å². The number of ether oxygens (including phenoxy) is 1. The summed E-state index contributed by atoms with van der Waals surface area (Å²) in [4.78, 5) is 29.9. The summed E-state index contributed by atoms with van der Waals surface area (Å²) in [5.41, 5.74) is 0. The molecule has 0 saturated heterocycles. The molecule has 0 spiro atoms. The van der Waals surface area contributed by atoms with Gasteiger partial charge in [0.15, 0.2) is 0 Å². The normalized spacial score (nSPS) is 11.8. The zero-order valence-electron chi connectivity index (χ0n) is 31.5. The Morgan fingerprint density at radius 2 is 1.11 bits per heavy atom. The van der Waals surface area contributed by atoms with Crippen LogP contribution in [0.4, 0.5) is 0 Å². The van der Waals surface area contributed by atoms with Gasteiger partial charge in [0, 0.05) is 31.0 Å². The molecule has 276 valence electrons. The largest absolute Gasteiger partial charge is 0.465 e. The quantitative estimate of drug-likeness (QED) is 0.0281. The van der Waals surface area contributed by atoms with Gasteiger partial charge in [-0.25, -0.2) is 0 Å². The minimum absolute atomic E-state index is 0.183. The standard InChI is InChI=1S/C40H76N2O3S2/c1-5-9-11-13-15-17-18-19-20-21-22-23-24-26-28-31-39(43)42(34-30-33-41(7-3)8-4)35-32-40(44)45-36-38-47-46-37-29-27-25-16-14-12-10-6-2/h15,17,19-20H,5-14,16,18,21-38H2,1-4H3/b17-15-,20-19-. The van der Waals surface area contributed by atoms with Crippen molar-refractivity contribution in [3.63, 3.8) is 0 Å². The summed E-state index contributed by atoms with van der Waals surface area (Å²) in [6, 6.07) is 0. The fraction of sp³-hybridized carbons (Fsp3) is 0.850. The number of hydrogen-bond acceptors (Lipinski definition) is 6. The lowest BCUT2D eigenvalue weighted by Gasteiger charge is -2.25. The molecule has 7 heteroatoms. The van der Waals surface area contributed by atoms with Crippen LogP contribution in [0.25, 0.3) is 0 Å². The van der Waals surface area contributed by atoms with Gasteiger partial charge in [-0.15, -0.1) is 0 Å². The third-order valence-electron chi connectivity index (χ3n) is 8.67. The number of nitrogens with zero attached hydrogens (tertiary/aromatic N) is 2. The third-order valence-corrected chi connectivity index (χ3v) is 11.1. The number of unbranched alkanes of at least 4 members (excludes halogenated alkanes) is 15. The Morgan fingerprint density at radius 1 is 0.553 bits per heavy atom. The molecule has 0 rings (SSSR count). The van der Waals surface area contributed by atoms with Gasteiger partial charge in [-0.2, -0.15) is 0 Å². The predicted molar refractivity (Wildman–Crippen MR) is 211 cm³/mol. The molecule has 0 heterocycles. The molecule has 1 amide bonds. The molecular weight excluding hydrogens is 621 g/mol. The second-order valence-electron chi connectivity index (χ2n) is 12.8. The topological polar surface area (TPSA) is 49.9 Å². The van der Waals surface area contributed by atoms with Gasteiger partial charge in [-0.3, -0.25) is 9.59 Å². The van der Waals surface area contributed by atoms with Crippen LogP contribution in [0, 0.1) is 0 Å². The van der Waals surface area contributed by atoms with Gasteiger partial charge in [0.25, 0.3) is 0 Å². The van der Waals surface area contributed by atoms with Gasteiger partial charge in [0.1, 0.15) is 6.61 Å². The Morgan fingerprint density at radius 3 is 1.77 bits per heavy atom. The highest BCUT2D eigenvalue weighted by atomic mass is 33.1. The number of rotatable bonds is 36. The lowest BCUT2D eigenvalue weighted by Crippen LogP contribution is -2.36. The van der Waals surface area contributed by atoms with E-state index in [4.69, 9.17) is 4.74 Å². The Bertz CT molecular complexity index is 743. The van der Waals surface area contributed by atoms with E-state index < -0.39 is 0 Å². The van der Waals surface area contributed by atoms with Gasteiger partial charge in [-0.1, -0.05) is 151 Å². The lowest BCUT2D eigenvalue weighted by molar-refractivity contribution is -0.144. The van der Waals surface area contributed by atoms with Crippen molar-refractivity contribution in [2.45, 2.75) is 169 Å². The predicted octanol–water partition coefficient (Wildman–Crippen LogP) is 11.8. The minimum atomic E-state index is -0.183. The fourth-order valence-electron chi connectivity index (χ4n) is 5.53. The number of carbonyl (C=O) groups excluding carboxylic acids is 2. The molecule has 0 unspecified atom stereocenters. The number of carbonyl (C=O) groups is 2. The fourth-order valence-corrected chi connectivity index (χ4v) is 7.51. The Labute approximate surface area is 300 Å². The van der Waals surface area contributed by atoms with Crippen LogP contribution in [-0.4, -0.2) is 72.5 Å². The summed E-state index contributed by atoms with van der Waals surface area (Å²) >= 11 is 0. The first-order valence-corrected chi connectivity index (χ1v) is 22.3. The van der Waals surface area contributed by atoms with Crippen molar-refractivity contribution in [3.05, 3.63) is 24.3 Å². The van der Waals surface area contributed by atoms with Crippen LogP contribution in [0.3, 0.4) is 0 Å². The molecule has 0 aromatic carbocycles. The van der Waals surface area contributed by atoms with Crippen LogP contribution >= 0.6 is 21.6 Å². The maximum Gasteiger partial charge on any atom is 0.307 e. The molecule has 5 nitrogen and oxygen atoms in total. The van der Waals surface area contributed by atoms with Crippen molar-refractivity contribution in [1.82, 2.24) is 9.80 Å². The van der Waals surface area contributed by atoms with Gasteiger partial charge < -0.3 is 14.5 Å². The molecule has 0 fully saturated rings. The summed E-state index contributed by atoms with van der Waals surface area (Å²) in [7, 11) is 3.70. The third kappa shape index (κ3) is 33.4. The van der Waals surface area contributed by atoms with Crippen LogP contribution in [0.2, 0.25) is 0 Å². The van der Waals surface area contributed by atoms with Crippen LogP contribution in [-0.2, 0) is 14.3 Å². The van der Waals surface area contributed by atoms with Crippen molar-refractivity contribution < 1.29 is 14.3 Å². The van der Waals surface area contributed by atoms with Crippen molar-refractivity contribution >= 4 is 33.5 Å². The van der Waals surface area contributed by atoms with E-state index in [-0.39, 0.29) is 18.3 Å². The highest BCUT2D eigenvalue weighted by molar-refractivity contribution is 8.76. The number of hydrogen-bond donors (Lipinski definition) is 0. The van der Waals surface area contributed by atoms with Crippen LogP contribution in [0.15, 0.2) is 24.3 Å². The highest BCUT2D eigenvalue weighted by Gasteiger charge is 2.16. The zero-order valence-corrected chi connectivity index (χ0v) is 33.1. The van der Waals surface area contributed by atoms with Crippen molar-refractivity contribution in [2.75, 3.05) is 50.8 Å². The molecule has 0 N–H and O–H groups in total. The molecule has 0 aromatic heterocycles. The lowest BCUT2D eigenvalue weighted by atomic mass is 10.1. The number of amides is 1. The van der Waals surface area contributed by atoms with E-state index in [1.807, 2.05) is 15.7 Å². The first-order chi connectivity index (χ1) is 23.1. The molecular formula is C40H76N2O3S2. The van der Waals surface area contributed by atoms with E-state index in [1.54, 1.807) is 10.8 Å². The van der Waals surface area contributed by atoms with Crippen molar-refractivity contribution in [1.29, 1.82) is 0 Å². The van der Waals surface area contributed by atoms with E-state index >= 15 is 0 Å². The first kappa shape index (κ1) is 46.1. The minimum Gasteiger partial charge on any atom is -0.465 e. The van der Waals surface area contributed by atoms with Gasteiger partial charge >= 0.3 is 5.97 Å². The van der Waals surface area contributed by atoms with Gasteiger partial charge in [-0.05, 0) is 71.0 Å². The molecule has 0 aliphatic carbocycles. The Hall–Kier alpha value is -0.920. The maximum atomic E-state index is 13.1. The number of allylic oxidation sites excluding steroid dienone is 4. The Kier molecular flexibility index (Phi) is 37.1. The molecule has 0 atom stereocenters. The molecule has 0 bridgehead atoms. The summed E-state index contributed by atoms with van der Waals surface area (Å²) < 4.78 is 5.50. The van der Waals surface area contributed by atoms with Crippen LogP contribution < -0.4 is 0 Å². The monoisotopic (exact) mass is 697 g/mol. The summed E-state index contributed by atoms with van der Waals surface area (Å²) in [5, 5.41) is 0. The molecule has 0 aliphatic rings. The Balaban J connectivity index is 4.13. The molecule has 47 heavy (non-hydrogen) atoms. The van der Waals surface area contributed by atoms with E-state index in [0.29, 0.717) is 26.1 Å². The SMILES string of the molecule is CCCCC/C=C\C/C=C\CCCCCCCC(=O)N(CCCN(CC)CC)CCC(=O)OCCSSCCCCCCCCCC. The zero-order chi connectivity index (χ0) is 34.5. The van der Waals surface area contributed by atoms with E-state index in [1.165, 1.54) is 102 Å². The first-order valence-electron chi connectivity index (χ1n) is 19.8. The van der Waals surface area contributed by atoms with Crippen molar-refractivity contribution in [3.8, 4) is 0 Å². The van der Waals surface area contributed by atoms with Crippen molar-refractivity contribution in [2.24, 2.45) is 0 Å². The molecule has 0 saturated carbocycles. The molecule has 0 aliphatic heterocycles. The van der Waals surface area contributed by atoms with Crippen LogP contribution in [0.1, 0.15) is 169 Å². The number of esters is 1. The second kappa shape index (κ2) is 37.9. The van der Waals surface area contributed by atoms with E-state index in [2.05, 4.69) is 56.9 Å². The smallest absolute Gasteiger partial charge is 0.307 e. The summed E-state index contributed by atoms with van der Waals surface area (Å²) in [6.07, 6.45) is 34.8. The second-order valence-corrected chi connectivity index (χ2v) is 15.5. The molecule has 0 radical (unpaired) electrons. The highest BCUT2D eigenvalue weighted by Crippen LogP contribution is 2.23. The van der Waals surface area contributed by atoms with E-state index in [9.17, 15) is 9.59 Å². The maximum absolute atomic E-state index is 13.1.